The van der Waals surface area contributed by atoms with E-state index in [-0.39, 0.29) is 6.04 Å². The fraction of sp³-hybridized carbons (Fsp3) is 0.381. The molecule has 6 heteroatoms. The van der Waals surface area contributed by atoms with E-state index in [1.807, 2.05) is 36.0 Å². The number of hydrogen-bond acceptors (Lipinski definition) is 4. The Morgan fingerprint density at radius 3 is 2.85 bits per heavy atom. The van der Waals surface area contributed by atoms with Gasteiger partial charge in [0.25, 0.3) is 0 Å². The molecule has 1 aromatic heterocycles. The first-order valence-electron chi connectivity index (χ1n) is 9.45. The molecule has 1 saturated heterocycles. The summed E-state index contributed by atoms with van der Waals surface area (Å²) in [6.45, 7) is 4.70. The minimum atomic E-state index is 0.282. The highest BCUT2D eigenvalue weighted by atomic mass is 15.3. The molecule has 1 aliphatic heterocycles. The van der Waals surface area contributed by atoms with Gasteiger partial charge in [-0.05, 0) is 37.9 Å². The summed E-state index contributed by atoms with van der Waals surface area (Å²) < 4.78 is 1.98. The normalized spacial score (nSPS) is 19.9. The second-order valence-corrected chi connectivity index (χ2v) is 6.72. The zero-order valence-electron chi connectivity index (χ0n) is 16.1. The van der Waals surface area contributed by atoms with Gasteiger partial charge in [0.15, 0.2) is 0 Å². The van der Waals surface area contributed by atoms with Crippen molar-refractivity contribution in [2.24, 2.45) is 15.7 Å². The average molecular weight is 364 g/mol. The summed E-state index contributed by atoms with van der Waals surface area (Å²) in [6, 6.07) is 8.54. The molecule has 0 radical (unpaired) electrons. The lowest BCUT2D eigenvalue weighted by Crippen LogP contribution is -2.34. The van der Waals surface area contributed by atoms with E-state index in [1.54, 1.807) is 13.3 Å². The quantitative estimate of drug-likeness (QED) is 0.604. The molecule has 2 heterocycles. The van der Waals surface area contributed by atoms with Gasteiger partial charge >= 0.3 is 0 Å². The molecule has 2 aromatic rings. The Morgan fingerprint density at radius 2 is 2.19 bits per heavy atom. The standard InChI is InChI=1S/C21H28N6/c1-3-17-13-25-27(20(17)10-12-23-2)15-16-6-8-18(9-7-16)21(22)26-19-5-4-11-24-14-19/h3,6-10,12-13,19,24H,4-5,11,14-15H2,1-2H3,(H2,22,26)/b17-3-,20-10+,23-12?. The molecule has 0 bridgehead atoms. The van der Waals surface area contributed by atoms with Crippen LogP contribution in [-0.4, -0.2) is 48.0 Å². The molecule has 0 aliphatic carbocycles. The van der Waals surface area contributed by atoms with E-state index < -0.39 is 0 Å². The van der Waals surface area contributed by atoms with E-state index in [0.29, 0.717) is 12.4 Å². The molecule has 27 heavy (non-hydrogen) atoms. The third-order valence-electron chi connectivity index (χ3n) is 4.78. The fourth-order valence-corrected chi connectivity index (χ4v) is 3.25. The number of benzene rings is 1. The molecular formula is C21H28N6. The maximum Gasteiger partial charge on any atom is 0.125 e. The number of hydrogen-bond donors (Lipinski definition) is 2. The molecule has 0 saturated carbocycles. The van der Waals surface area contributed by atoms with Gasteiger partial charge < -0.3 is 11.1 Å². The van der Waals surface area contributed by atoms with E-state index in [9.17, 15) is 0 Å². The van der Waals surface area contributed by atoms with Crippen molar-refractivity contribution in [1.82, 2.24) is 15.1 Å². The number of amidine groups is 1. The minimum absolute atomic E-state index is 0.282. The molecule has 1 aromatic carbocycles. The lowest BCUT2D eigenvalue weighted by Gasteiger charge is -2.19. The van der Waals surface area contributed by atoms with Gasteiger partial charge in [-0.1, -0.05) is 30.3 Å². The first kappa shape index (κ1) is 19.0. The van der Waals surface area contributed by atoms with E-state index >= 15 is 0 Å². The summed E-state index contributed by atoms with van der Waals surface area (Å²) in [7, 11) is 1.76. The van der Waals surface area contributed by atoms with Crippen molar-refractivity contribution in [3.8, 4) is 0 Å². The number of nitrogens with one attached hydrogen (secondary N) is 1. The average Bonchev–Trinajstić information content (AvgIpc) is 3.09. The Labute approximate surface area is 160 Å². The number of aromatic nitrogens is 2. The topological polar surface area (TPSA) is 80.6 Å². The third kappa shape index (κ3) is 4.92. The van der Waals surface area contributed by atoms with Crippen LogP contribution in [0.15, 0.2) is 40.4 Å². The second kappa shape index (κ2) is 9.28. The van der Waals surface area contributed by atoms with Crippen molar-refractivity contribution in [3.63, 3.8) is 0 Å². The molecule has 3 N–H and O–H groups in total. The van der Waals surface area contributed by atoms with Crippen LogP contribution in [0, 0.1) is 0 Å². The van der Waals surface area contributed by atoms with Crippen LogP contribution in [0.4, 0.5) is 0 Å². The molecule has 142 valence electrons. The van der Waals surface area contributed by atoms with Gasteiger partial charge in [0.1, 0.15) is 5.84 Å². The van der Waals surface area contributed by atoms with Gasteiger partial charge in [-0.3, -0.25) is 14.7 Å². The largest absolute Gasteiger partial charge is 0.383 e. The molecular weight excluding hydrogens is 336 g/mol. The summed E-state index contributed by atoms with van der Waals surface area (Å²) in [5, 5.41) is 10.0. The summed E-state index contributed by atoms with van der Waals surface area (Å²) >= 11 is 0. The highest BCUT2D eigenvalue weighted by molar-refractivity contribution is 5.97. The zero-order chi connectivity index (χ0) is 19.1. The van der Waals surface area contributed by atoms with Crippen molar-refractivity contribution in [2.45, 2.75) is 32.4 Å². The Bertz CT molecular complexity index is 915. The number of aliphatic imine (C=N–C) groups is 2. The highest BCUT2D eigenvalue weighted by Crippen LogP contribution is 2.09. The van der Waals surface area contributed by atoms with Crippen molar-refractivity contribution in [2.75, 3.05) is 20.1 Å². The Morgan fingerprint density at radius 1 is 1.37 bits per heavy atom. The summed E-state index contributed by atoms with van der Waals surface area (Å²) in [4.78, 5) is 8.72. The molecule has 0 spiro atoms. The molecule has 3 rings (SSSR count). The fourth-order valence-electron chi connectivity index (χ4n) is 3.25. The van der Waals surface area contributed by atoms with E-state index in [1.165, 1.54) is 5.56 Å². The Hall–Kier alpha value is -2.73. The minimum Gasteiger partial charge on any atom is -0.383 e. The van der Waals surface area contributed by atoms with Crippen molar-refractivity contribution in [3.05, 3.63) is 52.2 Å². The van der Waals surface area contributed by atoms with Crippen molar-refractivity contribution in [1.29, 1.82) is 0 Å². The first-order chi connectivity index (χ1) is 13.2. The SMILES string of the molecule is C/C=c1/cnn(Cc2ccc(C(N)=NC3CCCNC3)cc2)/c1=C/C=NC. The van der Waals surface area contributed by atoms with Crippen LogP contribution in [0.5, 0.6) is 0 Å². The van der Waals surface area contributed by atoms with E-state index in [4.69, 9.17) is 5.73 Å². The van der Waals surface area contributed by atoms with Gasteiger partial charge in [-0.2, -0.15) is 5.10 Å². The second-order valence-electron chi connectivity index (χ2n) is 6.72. The van der Waals surface area contributed by atoms with Crippen molar-refractivity contribution < 1.29 is 0 Å². The summed E-state index contributed by atoms with van der Waals surface area (Å²) in [6.07, 6.45) is 9.97. The van der Waals surface area contributed by atoms with Crippen LogP contribution in [0.25, 0.3) is 12.2 Å². The third-order valence-corrected chi connectivity index (χ3v) is 4.78. The number of nitrogens with zero attached hydrogens (tertiary/aromatic N) is 4. The maximum absolute atomic E-state index is 6.21. The van der Waals surface area contributed by atoms with Gasteiger partial charge in [-0.25, -0.2) is 0 Å². The maximum atomic E-state index is 6.21. The number of nitrogens with two attached hydrogens (primary N) is 1. The van der Waals surface area contributed by atoms with Gasteiger partial charge in [-0.15, -0.1) is 0 Å². The summed E-state index contributed by atoms with van der Waals surface area (Å²) in [5.41, 5.74) is 8.35. The van der Waals surface area contributed by atoms with Crippen molar-refractivity contribution >= 4 is 24.2 Å². The highest BCUT2D eigenvalue weighted by Gasteiger charge is 2.12. The zero-order valence-corrected chi connectivity index (χ0v) is 16.1. The lowest BCUT2D eigenvalue weighted by molar-refractivity contribution is 0.461. The molecule has 0 amide bonds. The predicted molar refractivity (Wildman–Crippen MR) is 113 cm³/mol. The van der Waals surface area contributed by atoms with Crippen LogP contribution < -0.4 is 21.6 Å². The van der Waals surface area contributed by atoms with Gasteiger partial charge in [0.2, 0.25) is 0 Å². The number of piperidine rings is 1. The predicted octanol–water partition coefficient (Wildman–Crippen LogP) is 0.670. The Kier molecular flexibility index (Phi) is 6.54. The monoisotopic (exact) mass is 364 g/mol. The van der Waals surface area contributed by atoms with E-state index in [2.05, 4.69) is 38.6 Å². The van der Waals surface area contributed by atoms with Crippen LogP contribution >= 0.6 is 0 Å². The van der Waals surface area contributed by atoms with Gasteiger partial charge in [0.05, 0.1) is 24.1 Å². The smallest absolute Gasteiger partial charge is 0.125 e. The van der Waals surface area contributed by atoms with Crippen LogP contribution in [0.1, 0.15) is 30.9 Å². The lowest BCUT2D eigenvalue weighted by atomic mass is 10.1. The van der Waals surface area contributed by atoms with Gasteiger partial charge in [0, 0.05) is 30.6 Å². The molecule has 1 fully saturated rings. The summed E-state index contributed by atoms with van der Waals surface area (Å²) in [5.74, 6) is 0.616. The molecule has 1 aliphatic rings. The molecule has 1 atom stereocenters. The van der Waals surface area contributed by atoms with E-state index in [0.717, 1.165) is 42.1 Å². The molecule has 6 nitrogen and oxygen atoms in total. The first-order valence-corrected chi connectivity index (χ1v) is 9.45. The number of rotatable bonds is 5. The van der Waals surface area contributed by atoms with Crippen LogP contribution in [-0.2, 0) is 6.54 Å². The van der Waals surface area contributed by atoms with Crippen LogP contribution in [0.2, 0.25) is 0 Å². The van der Waals surface area contributed by atoms with Crippen LogP contribution in [0.3, 0.4) is 0 Å². The Balaban J connectivity index is 1.77. The molecule has 1 unspecified atom stereocenters.